The molecule has 2 aliphatic rings. The SMILES string of the molecule is CN(C)c1ccnc(N2CC(C(=O)N3CCCC3)C2)n1. The zero-order valence-electron chi connectivity index (χ0n) is 12.1. The predicted octanol–water partition coefficient (Wildman–Crippen LogP) is 0.601. The van der Waals surface area contributed by atoms with Crippen molar-refractivity contribution in [2.45, 2.75) is 12.8 Å². The van der Waals surface area contributed by atoms with Gasteiger partial charge in [-0.1, -0.05) is 0 Å². The summed E-state index contributed by atoms with van der Waals surface area (Å²) in [5.74, 6) is 2.05. The lowest BCUT2D eigenvalue weighted by molar-refractivity contribution is -0.135. The van der Waals surface area contributed by atoms with Crippen LogP contribution in [0.2, 0.25) is 0 Å². The van der Waals surface area contributed by atoms with Gasteiger partial charge in [0.05, 0.1) is 5.92 Å². The molecule has 20 heavy (non-hydrogen) atoms. The van der Waals surface area contributed by atoms with Crippen molar-refractivity contribution in [3.8, 4) is 0 Å². The molecule has 0 saturated carbocycles. The van der Waals surface area contributed by atoms with Gasteiger partial charge in [-0.25, -0.2) is 4.98 Å². The van der Waals surface area contributed by atoms with Gasteiger partial charge in [-0.15, -0.1) is 0 Å². The van der Waals surface area contributed by atoms with Crippen LogP contribution in [0.5, 0.6) is 0 Å². The fourth-order valence-corrected chi connectivity index (χ4v) is 2.73. The van der Waals surface area contributed by atoms with E-state index >= 15 is 0 Å². The van der Waals surface area contributed by atoms with Gasteiger partial charge in [0.25, 0.3) is 0 Å². The molecule has 2 aliphatic heterocycles. The van der Waals surface area contributed by atoms with Crippen LogP contribution in [0.3, 0.4) is 0 Å². The maximum Gasteiger partial charge on any atom is 0.229 e. The largest absolute Gasteiger partial charge is 0.363 e. The summed E-state index contributed by atoms with van der Waals surface area (Å²) >= 11 is 0. The Morgan fingerprint density at radius 3 is 2.65 bits per heavy atom. The van der Waals surface area contributed by atoms with Crippen LogP contribution in [0.15, 0.2) is 12.3 Å². The minimum Gasteiger partial charge on any atom is -0.363 e. The quantitative estimate of drug-likeness (QED) is 0.808. The van der Waals surface area contributed by atoms with E-state index in [-0.39, 0.29) is 5.92 Å². The zero-order chi connectivity index (χ0) is 14.1. The van der Waals surface area contributed by atoms with Gasteiger partial charge in [0.15, 0.2) is 0 Å². The first-order valence-electron chi connectivity index (χ1n) is 7.19. The summed E-state index contributed by atoms with van der Waals surface area (Å²) in [6.07, 6.45) is 4.07. The van der Waals surface area contributed by atoms with E-state index in [2.05, 4.69) is 14.9 Å². The van der Waals surface area contributed by atoms with E-state index in [1.54, 1.807) is 6.20 Å². The average Bonchev–Trinajstić information content (AvgIpc) is 2.91. The number of carbonyl (C=O) groups is 1. The van der Waals surface area contributed by atoms with Crippen LogP contribution < -0.4 is 9.80 Å². The fraction of sp³-hybridized carbons (Fsp3) is 0.643. The van der Waals surface area contributed by atoms with Crippen LogP contribution in [-0.4, -0.2) is 61.0 Å². The number of nitrogens with zero attached hydrogens (tertiary/aromatic N) is 5. The van der Waals surface area contributed by atoms with E-state index in [1.165, 1.54) is 0 Å². The topological polar surface area (TPSA) is 52.6 Å². The van der Waals surface area contributed by atoms with Crippen LogP contribution in [0, 0.1) is 5.92 Å². The van der Waals surface area contributed by atoms with Gasteiger partial charge in [0.2, 0.25) is 11.9 Å². The summed E-state index contributed by atoms with van der Waals surface area (Å²) in [4.78, 5) is 27.1. The molecule has 2 fully saturated rings. The van der Waals surface area contributed by atoms with Crippen LogP contribution in [0.4, 0.5) is 11.8 Å². The van der Waals surface area contributed by atoms with Crippen molar-refractivity contribution in [2.75, 3.05) is 50.1 Å². The molecule has 0 aromatic carbocycles. The maximum atomic E-state index is 12.2. The second-order valence-electron chi connectivity index (χ2n) is 5.74. The standard InChI is InChI=1S/C14H21N5O/c1-17(2)12-5-6-15-14(16-12)19-9-11(10-19)13(20)18-7-3-4-8-18/h5-6,11H,3-4,7-10H2,1-2H3. The molecule has 0 spiro atoms. The predicted molar refractivity (Wildman–Crippen MR) is 77.9 cm³/mol. The summed E-state index contributed by atoms with van der Waals surface area (Å²) in [5.41, 5.74) is 0. The highest BCUT2D eigenvalue weighted by Gasteiger charge is 2.37. The Labute approximate surface area is 119 Å². The van der Waals surface area contributed by atoms with Gasteiger partial charge in [-0.2, -0.15) is 4.98 Å². The summed E-state index contributed by atoms with van der Waals surface area (Å²) in [6, 6.07) is 1.89. The van der Waals surface area contributed by atoms with E-state index in [1.807, 2.05) is 30.0 Å². The molecule has 1 amide bonds. The monoisotopic (exact) mass is 275 g/mol. The summed E-state index contributed by atoms with van der Waals surface area (Å²) in [7, 11) is 3.92. The van der Waals surface area contributed by atoms with Crippen molar-refractivity contribution in [1.82, 2.24) is 14.9 Å². The number of hydrogen-bond donors (Lipinski definition) is 0. The number of aromatic nitrogens is 2. The number of carbonyl (C=O) groups excluding carboxylic acids is 1. The van der Waals surface area contributed by atoms with E-state index in [0.29, 0.717) is 5.91 Å². The van der Waals surface area contributed by atoms with Gasteiger partial charge >= 0.3 is 0 Å². The third kappa shape index (κ3) is 2.42. The van der Waals surface area contributed by atoms with Crippen molar-refractivity contribution in [3.63, 3.8) is 0 Å². The Morgan fingerprint density at radius 2 is 2.00 bits per heavy atom. The lowest BCUT2D eigenvalue weighted by atomic mass is 9.99. The molecule has 1 aromatic rings. The number of hydrogen-bond acceptors (Lipinski definition) is 5. The van der Waals surface area contributed by atoms with Crippen LogP contribution in [0.1, 0.15) is 12.8 Å². The van der Waals surface area contributed by atoms with E-state index in [4.69, 9.17) is 0 Å². The van der Waals surface area contributed by atoms with Gasteiger partial charge in [-0.05, 0) is 18.9 Å². The molecule has 2 saturated heterocycles. The highest BCUT2D eigenvalue weighted by atomic mass is 16.2. The van der Waals surface area contributed by atoms with Crippen LogP contribution >= 0.6 is 0 Å². The molecule has 6 nitrogen and oxygen atoms in total. The molecule has 6 heteroatoms. The number of anilines is 2. The van der Waals surface area contributed by atoms with Gasteiger partial charge < -0.3 is 14.7 Å². The molecule has 3 heterocycles. The highest BCUT2D eigenvalue weighted by Crippen LogP contribution is 2.25. The summed E-state index contributed by atoms with van der Waals surface area (Å²) in [5, 5.41) is 0. The van der Waals surface area contributed by atoms with E-state index in [9.17, 15) is 4.79 Å². The molecule has 3 rings (SSSR count). The third-order valence-electron chi connectivity index (χ3n) is 4.02. The third-order valence-corrected chi connectivity index (χ3v) is 4.02. The number of rotatable bonds is 3. The molecule has 0 atom stereocenters. The smallest absolute Gasteiger partial charge is 0.229 e. The van der Waals surface area contributed by atoms with Crippen molar-refractivity contribution >= 4 is 17.7 Å². The molecular weight excluding hydrogens is 254 g/mol. The second-order valence-corrected chi connectivity index (χ2v) is 5.74. The van der Waals surface area contributed by atoms with Crippen LogP contribution in [-0.2, 0) is 4.79 Å². The fourth-order valence-electron chi connectivity index (χ4n) is 2.73. The molecule has 108 valence electrons. The Kier molecular flexibility index (Phi) is 3.46. The van der Waals surface area contributed by atoms with Gasteiger partial charge in [0.1, 0.15) is 5.82 Å². The zero-order valence-corrected chi connectivity index (χ0v) is 12.1. The Balaban J connectivity index is 1.59. The van der Waals surface area contributed by atoms with Crippen molar-refractivity contribution in [2.24, 2.45) is 5.92 Å². The lowest BCUT2D eigenvalue weighted by Gasteiger charge is -2.40. The molecular formula is C14H21N5O. The Bertz CT molecular complexity index is 492. The Morgan fingerprint density at radius 1 is 1.30 bits per heavy atom. The number of amides is 1. The normalized spacial score (nSPS) is 19.1. The van der Waals surface area contributed by atoms with Gasteiger partial charge in [0, 0.05) is 46.5 Å². The number of likely N-dealkylation sites (tertiary alicyclic amines) is 1. The summed E-state index contributed by atoms with van der Waals surface area (Å²) in [6.45, 7) is 3.35. The minimum atomic E-state index is 0.125. The first kappa shape index (κ1) is 13.1. The summed E-state index contributed by atoms with van der Waals surface area (Å²) < 4.78 is 0. The molecule has 0 N–H and O–H groups in total. The second kappa shape index (κ2) is 5.26. The van der Waals surface area contributed by atoms with Crippen LogP contribution in [0.25, 0.3) is 0 Å². The van der Waals surface area contributed by atoms with E-state index < -0.39 is 0 Å². The molecule has 0 radical (unpaired) electrons. The molecule has 1 aromatic heterocycles. The lowest BCUT2D eigenvalue weighted by Crippen LogP contribution is -2.54. The average molecular weight is 275 g/mol. The van der Waals surface area contributed by atoms with Crippen molar-refractivity contribution < 1.29 is 4.79 Å². The molecule has 0 unspecified atom stereocenters. The first-order chi connectivity index (χ1) is 9.65. The van der Waals surface area contributed by atoms with Crippen molar-refractivity contribution in [3.05, 3.63) is 12.3 Å². The van der Waals surface area contributed by atoms with Crippen molar-refractivity contribution in [1.29, 1.82) is 0 Å². The van der Waals surface area contributed by atoms with Gasteiger partial charge in [-0.3, -0.25) is 4.79 Å². The molecule has 0 aliphatic carbocycles. The maximum absolute atomic E-state index is 12.2. The Hall–Kier alpha value is -1.85. The molecule has 0 bridgehead atoms. The first-order valence-corrected chi connectivity index (χ1v) is 7.19. The highest BCUT2D eigenvalue weighted by molar-refractivity contribution is 5.82. The minimum absolute atomic E-state index is 0.125. The van der Waals surface area contributed by atoms with E-state index in [0.717, 1.165) is 50.8 Å².